The third-order valence-corrected chi connectivity index (χ3v) is 5.75. The van der Waals surface area contributed by atoms with E-state index in [1.165, 1.54) is 12.8 Å². The molecule has 30 heavy (non-hydrogen) atoms. The Morgan fingerprint density at radius 2 is 2.07 bits per heavy atom. The zero-order valence-electron chi connectivity index (χ0n) is 17.4. The number of ether oxygens (including phenoxy) is 2. The number of aliphatic imine (C=N–C) groups is 1. The Kier molecular flexibility index (Phi) is 11.8. The highest BCUT2D eigenvalue weighted by atomic mass is 127. The summed E-state index contributed by atoms with van der Waals surface area (Å²) in [6.45, 7) is 4.87. The lowest BCUT2D eigenvalue weighted by Crippen LogP contribution is -2.48. The van der Waals surface area contributed by atoms with Gasteiger partial charge >= 0.3 is 0 Å². The second-order valence-corrected chi connectivity index (χ2v) is 8.24. The predicted octanol–water partition coefficient (Wildman–Crippen LogP) is 4.04. The van der Waals surface area contributed by atoms with Gasteiger partial charge in [-0.25, -0.2) is 4.98 Å². The summed E-state index contributed by atoms with van der Waals surface area (Å²) in [7, 11) is 1.82. The average Bonchev–Trinajstić information content (AvgIpc) is 2.75. The SMILES string of the molecule is CN=C(NCCNc1ncc(Cl)cc1Cl)N1CCC(OCC2CCCCO2)CC1.I. The Hall–Kier alpha value is -0.550. The van der Waals surface area contributed by atoms with Gasteiger partial charge in [0.05, 0.1) is 28.9 Å². The molecule has 0 radical (unpaired) electrons. The van der Waals surface area contributed by atoms with Gasteiger partial charge in [-0.05, 0) is 38.2 Å². The van der Waals surface area contributed by atoms with Crippen LogP contribution in [0, 0.1) is 0 Å². The van der Waals surface area contributed by atoms with Crippen LogP contribution in [-0.2, 0) is 9.47 Å². The number of anilines is 1. The van der Waals surface area contributed by atoms with Crippen molar-refractivity contribution in [2.45, 2.75) is 44.3 Å². The van der Waals surface area contributed by atoms with Crippen molar-refractivity contribution in [1.82, 2.24) is 15.2 Å². The number of guanidine groups is 1. The van der Waals surface area contributed by atoms with E-state index < -0.39 is 0 Å². The number of likely N-dealkylation sites (tertiary alicyclic amines) is 1. The van der Waals surface area contributed by atoms with Crippen LogP contribution in [0.3, 0.4) is 0 Å². The minimum atomic E-state index is 0. The zero-order valence-corrected chi connectivity index (χ0v) is 21.3. The van der Waals surface area contributed by atoms with Crippen LogP contribution < -0.4 is 10.6 Å². The molecule has 1 aromatic heterocycles. The average molecular weight is 572 g/mol. The molecule has 10 heteroatoms. The van der Waals surface area contributed by atoms with Crippen LogP contribution in [0.15, 0.2) is 17.3 Å². The van der Waals surface area contributed by atoms with E-state index in [0.29, 0.717) is 35.1 Å². The van der Waals surface area contributed by atoms with E-state index in [0.717, 1.165) is 51.5 Å². The second-order valence-electron chi connectivity index (χ2n) is 7.39. The van der Waals surface area contributed by atoms with Gasteiger partial charge in [-0.2, -0.15) is 0 Å². The van der Waals surface area contributed by atoms with E-state index in [1.807, 2.05) is 7.05 Å². The van der Waals surface area contributed by atoms with Gasteiger partial charge in [0.1, 0.15) is 5.82 Å². The third-order valence-electron chi connectivity index (χ3n) is 5.25. The van der Waals surface area contributed by atoms with Crippen LogP contribution in [-0.4, -0.2) is 74.5 Å². The Morgan fingerprint density at radius 1 is 1.27 bits per heavy atom. The molecule has 170 valence electrons. The van der Waals surface area contributed by atoms with Crippen LogP contribution in [0.4, 0.5) is 5.82 Å². The summed E-state index contributed by atoms with van der Waals surface area (Å²) < 4.78 is 11.9. The standard InChI is InChI=1S/C20H31Cl2N5O2.HI/c1-23-20(25-8-7-24-19-18(22)12-15(21)13-26-19)27-9-5-16(6-10-27)29-14-17-4-2-3-11-28-17;/h12-13,16-17H,2-11,14H2,1H3,(H,23,25)(H,24,26);1H. The number of hydrogen-bond acceptors (Lipinski definition) is 5. The van der Waals surface area contributed by atoms with Crippen molar-refractivity contribution in [2.24, 2.45) is 4.99 Å². The van der Waals surface area contributed by atoms with Crippen LogP contribution in [0.2, 0.25) is 10.0 Å². The van der Waals surface area contributed by atoms with Gasteiger partial charge in [-0.15, -0.1) is 24.0 Å². The maximum atomic E-state index is 6.13. The molecule has 1 aromatic rings. The van der Waals surface area contributed by atoms with Crippen molar-refractivity contribution in [3.63, 3.8) is 0 Å². The molecule has 0 aromatic carbocycles. The Labute approximate surface area is 206 Å². The number of hydrogen-bond donors (Lipinski definition) is 2. The first kappa shape index (κ1) is 25.7. The highest BCUT2D eigenvalue weighted by Gasteiger charge is 2.23. The van der Waals surface area contributed by atoms with Gasteiger partial charge in [-0.3, -0.25) is 4.99 Å². The smallest absolute Gasteiger partial charge is 0.193 e. The van der Waals surface area contributed by atoms with E-state index in [-0.39, 0.29) is 30.1 Å². The van der Waals surface area contributed by atoms with Crippen LogP contribution in [0.1, 0.15) is 32.1 Å². The largest absolute Gasteiger partial charge is 0.376 e. The highest BCUT2D eigenvalue weighted by Crippen LogP contribution is 2.22. The molecule has 2 fully saturated rings. The fraction of sp³-hybridized carbons (Fsp3) is 0.700. The third kappa shape index (κ3) is 8.18. The number of nitrogens with one attached hydrogen (secondary N) is 2. The molecule has 0 bridgehead atoms. The molecular formula is C20H32Cl2IN5O2. The first-order chi connectivity index (χ1) is 14.2. The molecule has 2 aliphatic rings. The summed E-state index contributed by atoms with van der Waals surface area (Å²) in [5.74, 6) is 1.55. The molecule has 2 aliphatic heterocycles. The van der Waals surface area contributed by atoms with Crippen molar-refractivity contribution in [3.8, 4) is 0 Å². The van der Waals surface area contributed by atoms with Crippen molar-refractivity contribution >= 4 is 59.0 Å². The highest BCUT2D eigenvalue weighted by molar-refractivity contribution is 14.0. The molecule has 3 heterocycles. The summed E-state index contributed by atoms with van der Waals surface area (Å²) in [6, 6.07) is 1.68. The quantitative estimate of drug-likeness (QED) is 0.223. The maximum absolute atomic E-state index is 6.13. The van der Waals surface area contributed by atoms with Crippen molar-refractivity contribution in [2.75, 3.05) is 51.8 Å². The van der Waals surface area contributed by atoms with Crippen molar-refractivity contribution in [3.05, 3.63) is 22.3 Å². The fourth-order valence-electron chi connectivity index (χ4n) is 3.65. The normalized spacial score (nSPS) is 20.6. The lowest BCUT2D eigenvalue weighted by atomic mass is 10.1. The summed E-state index contributed by atoms with van der Waals surface area (Å²) in [4.78, 5) is 10.9. The molecule has 7 nitrogen and oxygen atoms in total. The molecule has 0 aliphatic carbocycles. The Bertz CT molecular complexity index is 669. The van der Waals surface area contributed by atoms with Gasteiger partial charge in [0, 0.05) is 46.0 Å². The van der Waals surface area contributed by atoms with Crippen molar-refractivity contribution in [1.29, 1.82) is 0 Å². The minimum absolute atomic E-state index is 0. The first-order valence-corrected chi connectivity index (χ1v) is 11.1. The van der Waals surface area contributed by atoms with Gasteiger partial charge in [0.2, 0.25) is 0 Å². The molecule has 1 unspecified atom stereocenters. The number of nitrogens with zero attached hydrogens (tertiary/aromatic N) is 3. The van der Waals surface area contributed by atoms with E-state index in [9.17, 15) is 0 Å². The lowest BCUT2D eigenvalue weighted by Gasteiger charge is -2.35. The van der Waals surface area contributed by atoms with E-state index in [2.05, 4.69) is 25.5 Å². The molecular weight excluding hydrogens is 540 g/mol. The summed E-state index contributed by atoms with van der Waals surface area (Å²) in [6.07, 6.45) is 7.76. The fourth-order valence-corrected chi connectivity index (χ4v) is 4.10. The topological polar surface area (TPSA) is 71.0 Å². The molecule has 0 spiro atoms. The summed E-state index contributed by atoms with van der Waals surface area (Å²) in [5.41, 5.74) is 0. The van der Waals surface area contributed by atoms with Gasteiger partial charge < -0.3 is 25.0 Å². The van der Waals surface area contributed by atoms with Crippen LogP contribution >= 0.6 is 47.2 Å². The van der Waals surface area contributed by atoms with E-state index in [4.69, 9.17) is 32.7 Å². The first-order valence-electron chi connectivity index (χ1n) is 10.4. The molecule has 3 rings (SSSR count). The molecule has 0 amide bonds. The van der Waals surface area contributed by atoms with Crippen LogP contribution in [0.25, 0.3) is 0 Å². The Morgan fingerprint density at radius 3 is 2.73 bits per heavy atom. The molecule has 2 saturated heterocycles. The van der Waals surface area contributed by atoms with Gasteiger partial charge in [0.15, 0.2) is 5.96 Å². The summed E-state index contributed by atoms with van der Waals surface area (Å²) >= 11 is 12.0. The monoisotopic (exact) mass is 571 g/mol. The van der Waals surface area contributed by atoms with E-state index >= 15 is 0 Å². The van der Waals surface area contributed by atoms with Gasteiger partial charge in [0.25, 0.3) is 0 Å². The minimum Gasteiger partial charge on any atom is -0.376 e. The number of piperidine rings is 1. The van der Waals surface area contributed by atoms with Gasteiger partial charge in [-0.1, -0.05) is 23.2 Å². The Balaban J connectivity index is 0.00000320. The predicted molar refractivity (Wildman–Crippen MR) is 134 cm³/mol. The van der Waals surface area contributed by atoms with Crippen molar-refractivity contribution < 1.29 is 9.47 Å². The number of pyridine rings is 1. The molecule has 1 atom stereocenters. The van der Waals surface area contributed by atoms with Crippen LogP contribution in [0.5, 0.6) is 0 Å². The zero-order chi connectivity index (χ0) is 20.5. The molecule has 0 saturated carbocycles. The number of rotatable bonds is 7. The number of aromatic nitrogens is 1. The van der Waals surface area contributed by atoms with E-state index in [1.54, 1.807) is 12.3 Å². The lowest BCUT2D eigenvalue weighted by molar-refractivity contribution is -0.0721. The maximum Gasteiger partial charge on any atom is 0.193 e. The summed E-state index contributed by atoms with van der Waals surface area (Å²) in [5, 5.41) is 7.64. The second kappa shape index (κ2) is 13.8. The molecule has 2 N–H and O–H groups in total. The number of halogens is 3.